The van der Waals surface area contributed by atoms with Crippen LogP contribution in [0.5, 0.6) is 0 Å². The van der Waals surface area contributed by atoms with E-state index in [4.69, 9.17) is 5.73 Å². The predicted molar refractivity (Wildman–Crippen MR) is 99.6 cm³/mol. The molecule has 1 heterocycles. The fourth-order valence-electron chi connectivity index (χ4n) is 2.22. The second-order valence-electron chi connectivity index (χ2n) is 5.55. The normalized spacial score (nSPS) is 11.0. The predicted octanol–water partition coefficient (Wildman–Crippen LogP) is -5.24. The molecule has 0 bridgehead atoms. The second kappa shape index (κ2) is 11.0. The summed E-state index contributed by atoms with van der Waals surface area (Å²) in [5.74, 6) is -0.355. The van der Waals surface area contributed by atoms with Crippen LogP contribution in [0.1, 0.15) is 0 Å². The number of nitrogens with one attached hydrogen (secondary N) is 2. The number of hydrogen-bond acceptors (Lipinski definition) is 12. The van der Waals surface area contributed by atoms with Crippen molar-refractivity contribution in [1.82, 2.24) is 15.0 Å². The van der Waals surface area contributed by atoms with Gasteiger partial charge in [-0.15, -0.1) is 0 Å². The molecule has 0 aliphatic rings. The quantitative estimate of drug-likeness (QED) is 0.223. The molecule has 31 heavy (non-hydrogen) atoms. The Hall–Kier alpha value is -1.33. The van der Waals surface area contributed by atoms with E-state index in [1.54, 1.807) is 0 Å². The van der Waals surface area contributed by atoms with Gasteiger partial charge in [0.15, 0.2) is 0 Å². The molecule has 0 radical (unpaired) electrons. The molecule has 152 valence electrons. The van der Waals surface area contributed by atoms with Crippen LogP contribution in [0.25, 0.3) is 0 Å². The Kier molecular flexibility index (Phi) is 9.83. The van der Waals surface area contributed by atoms with Crippen molar-refractivity contribution in [2.45, 2.75) is 9.79 Å². The SMILES string of the molecule is Nc1nc(Nc2cccc(S(=O)(=O)[O-])c2)nc(Nc2cccc(S(=O)(=O)[O-])c2)n1.[Na+].[Na+]. The van der Waals surface area contributed by atoms with Crippen molar-refractivity contribution in [1.29, 1.82) is 0 Å². The Morgan fingerprint density at radius 1 is 0.710 bits per heavy atom. The number of benzene rings is 2. The minimum atomic E-state index is -4.65. The molecule has 0 unspecified atom stereocenters. The van der Waals surface area contributed by atoms with Gasteiger partial charge < -0.3 is 25.5 Å². The first-order valence-electron chi connectivity index (χ1n) is 7.68. The Balaban J connectivity index is 0.00000240. The standard InChI is InChI=1S/C15H14N6O6S2.2Na/c16-13-19-14(17-9-3-1-5-11(7-9)28(22,23)24)21-15(20-13)18-10-4-2-6-12(8-10)29(25,26)27;;/h1-8H,(H,22,23,24)(H,25,26,27)(H4,16,17,18,19,20,21);;/q;2*+1/p-2. The van der Waals surface area contributed by atoms with Crippen LogP contribution in [0.4, 0.5) is 29.2 Å². The molecule has 0 atom stereocenters. The summed E-state index contributed by atoms with van der Waals surface area (Å²) in [5.41, 5.74) is 6.04. The Morgan fingerprint density at radius 2 is 1.10 bits per heavy atom. The van der Waals surface area contributed by atoms with Crippen LogP contribution in [-0.4, -0.2) is 40.9 Å². The number of nitrogens with zero attached hydrogens (tertiary/aromatic N) is 3. The molecule has 3 aromatic rings. The van der Waals surface area contributed by atoms with Crippen molar-refractivity contribution in [2.24, 2.45) is 0 Å². The average Bonchev–Trinajstić information content (AvgIpc) is 2.60. The summed E-state index contributed by atoms with van der Waals surface area (Å²) >= 11 is 0. The van der Waals surface area contributed by atoms with Crippen molar-refractivity contribution >= 4 is 49.5 Å². The zero-order chi connectivity index (χ0) is 21.2. The van der Waals surface area contributed by atoms with E-state index in [-0.39, 0.29) is 88.3 Å². The van der Waals surface area contributed by atoms with Gasteiger partial charge in [-0.05, 0) is 36.4 Å². The third-order valence-corrected chi connectivity index (χ3v) is 5.07. The Bertz CT molecular complexity index is 1190. The molecule has 0 fully saturated rings. The summed E-state index contributed by atoms with van der Waals surface area (Å²) < 4.78 is 66.8. The zero-order valence-electron chi connectivity index (χ0n) is 16.3. The van der Waals surface area contributed by atoms with Gasteiger partial charge in [0, 0.05) is 11.4 Å². The molecule has 0 saturated carbocycles. The first kappa shape index (κ1) is 27.7. The van der Waals surface area contributed by atoms with E-state index < -0.39 is 30.0 Å². The topological polar surface area (TPSA) is 203 Å². The minimum Gasteiger partial charge on any atom is -0.744 e. The van der Waals surface area contributed by atoms with E-state index in [9.17, 15) is 25.9 Å². The average molecular weight is 482 g/mol. The molecule has 4 N–H and O–H groups in total. The van der Waals surface area contributed by atoms with Crippen molar-refractivity contribution in [3.63, 3.8) is 0 Å². The van der Waals surface area contributed by atoms with Crippen molar-refractivity contribution < 1.29 is 85.1 Å². The first-order chi connectivity index (χ1) is 13.5. The maximum Gasteiger partial charge on any atom is 1.00 e. The zero-order valence-corrected chi connectivity index (χ0v) is 21.9. The van der Waals surface area contributed by atoms with Gasteiger partial charge in [0.2, 0.25) is 17.8 Å². The molecule has 3 rings (SSSR count). The van der Waals surface area contributed by atoms with E-state index in [2.05, 4.69) is 25.6 Å². The van der Waals surface area contributed by atoms with Gasteiger partial charge >= 0.3 is 59.1 Å². The van der Waals surface area contributed by atoms with Crippen molar-refractivity contribution in [3.8, 4) is 0 Å². The summed E-state index contributed by atoms with van der Waals surface area (Å²) in [4.78, 5) is 10.8. The number of nitrogen functional groups attached to an aromatic ring is 1. The van der Waals surface area contributed by atoms with Gasteiger partial charge in [-0.25, -0.2) is 16.8 Å². The van der Waals surface area contributed by atoms with E-state index in [0.29, 0.717) is 0 Å². The van der Waals surface area contributed by atoms with Gasteiger partial charge in [0.25, 0.3) is 0 Å². The molecule has 16 heteroatoms. The van der Waals surface area contributed by atoms with Crippen LogP contribution in [0.3, 0.4) is 0 Å². The monoisotopic (exact) mass is 482 g/mol. The van der Waals surface area contributed by atoms with Crippen LogP contribution in [0.2, 0.25) is 0 Å². The van der Waals surface area contributed by atoms with E-state index in [0.717, 1.165) is 24.3 Å². The van der Waals surface area contributed by atoms with Gasteiger partial charge in [-0.1, -0.05) is 12.1 Å². The van der Waals surface area contributed by atoms with Crippen LogP contribution in [0, 0.1) is 0 Å². The van der Waals surface area contributed by atoms with E-state index in [1.807, 2.05) is 0 Å². The molecule has 1 aromatic heterocycles. The van der Waals surface area contributed by atoms with E-state index in [1.165, 1.54) is 24.3 Å². The molecule has 0 spiro atoms. The number of hydrogen-bond donors (Lipinski definition) is 3. The smallest absolute Gasteiger partial charge is 0.744 e. The number of anilines is 5. The molecule has 0 saturated heterocycles. The summed E-state index contributed by atoms with van der Waals surface area (Å²) in [6.45, 7) is 0. The Labute approximate surface area is 222 Å². The fraction of sp³-hybridized carbons (Fsp3) is 0. The van der Waals surface area contributed by atoms with Crippen LogP contribution in [0.15, 0.2) is 58.3 Å². The summed E-state index contributed by atoms with van der Waals surface area (Å²) in [6, 6.07) is 10.1. The molecule has 2 aromatic carbocycles. The van der Waals surface area contributed by atoms with Gasteiger partial charge in [-0.2, -0.15) is 15.0 Å². The first-order valence-corrected chi connectivity index (χ1v) is 10.5. The fourth-order valence-corrected chi connectivity index (χ4v) is 3.25. The summed E-state index contributed by atoms with van der Waals surface area (Å²) in [7, 11) is -9.29. The number of nitrogens with two attached hydrogens (primary N) is 1. The molecule has 0 aliphatic heterocycles. The van der Waals surface area contributed by atoms with Crippen molar-refractivity contribution in [2.75, 3.05) is 16.4 Å². The van der Waals surface area contributed by atoms with Crippen molar-refractivity contribution in [3.05, 3.63) is 48.5 Å². The molecular weight excluding hydrogens is 470 g/mol. The third kappa shape index (κ3) is 7.94. The van der Waals surface area contributed by atoms with Crippen LogP contribution in [-0.2, 0) is 20.2 Å². The van der Waals surface area contributed by atoms with Gasteiger partial charge in [0.1, 0.15) is 20.2 Å². The summed E-state index contributed by atoms with van der Waals surface area (Å²) in [5, 5.41) is 5.38. The largest absolute Gasteiger partial charge is 1.00 e. The van der Waals surface area contributed by atoms with Gasteiger partial charge in [-0.3, -0.25) is 0 Å². The molecular formula is C15H12N6Na2O6S2. The van der Waals surface area contributed by atoms with E-state index >= 15 is 0 Å². The summed E-state index contributed by atoms with van der Waals surface area (Å²) in [6.07, 6.45) is 0. The second-order valence-corrected chi connectivity index (χ2v) is 8.31. The molecule has 12 nitrogen and oxygen atoms in total. The number of aromatic nitrogens is 3. The maximum absolute atomic E-state index is 11.1. The van der Waals surface area contributed by atoms with Gasteiger partial charge in [0.05, 0.1) is 9.79 Å². The third-order valence-electron chi connectivity index (χ3n) is 3.41. The number of rotatable bonds is 6. The maximum atomic E-state index is 11.1. The molecule has 0 amide bonds. The van der Waals surface area contributed by atoms with Crippen LogP contribution >= 0.6 is 0 Å². The molecule has 0 aliphatic carbocycles. The van der Waals surface area contributed by atoms with Crippen LogP contribution < -0.4 is 75.5 Å². The Morgan fingerprint density at radius 3 is 1.45 bits per heavy atom. The minimum absolute atomic E-state index is 0.